The first-order valence-electron chi connectivity index (χ1n) is 7.11. The molecule has 1 heterocycles. The predicted molar refractivity (Wildman–Crippen MR) is 86.0 cm³/mol. The second-order valence-electron chi connectivity index (χ2n) is 4.95. The van der Waals surface area contributed by atoms with Crippen LogP contribution in [0.5, 0.6) is 0 Å². The third-order valence-electron chi connectivity index (χ3n) is 3.47. The van der Waals surface area contributed by atoms with Gasteiger partial charge in [0.2, 0.25) is 0 Å². The summed E-state index contributed by atoms with van der Waals surface area (Å²) in [5, 5.41) is 3.57. The highest BCUT2D eigenvalue weighted by atomic mass is 32.2. The van der Waals surface area contributed by atoms with E-state index in [1.165, 1.54) is 16.2 Å². The fraction of sp³-hybridized carbons (Fsp3) is 0.438. The average molecular weight is 289 g/mol. The van der Waals surface area contributed by atoms with Gasteiger partial charge in [-0.25, -0.2) is 4.98 Å². The van der Waals surface area contributed by atoms with Crippen LogP contribution in [-0.2, 0) is 13.1 Å². The number of thioether (sulfide) groups is 1. The van der Waals surface area contributed by atoms with Crippen molar-refractivity contribution < 1.29 is 0 Å². The van der Waals surface area contributed by atoms with Gasteiger partial charge in [0.1, 0.15) is 0 Å². The van der Waals surface area contributed by atoms with Crippen LogP contribution in [0.25, 0.3) is 0 Å². The maximum Gasteiger partial charge on any atom is 0.0948 e. The zero-order valence-corrected chi connectivity index (χ0v) is 13.3. The predicted octanol–water partition coefficient (Wildman–Crippen LogP) is 3.87. The minimum atomic E-state index is 0.343. The lowest BCUT2D eigenvalue weighted by atomic mass is 10.1. The second-order valence-corrected chi connectivity index (χ2v) is 5.83. The van der Waals surface area contributed by atoms with Crippen LogP contribution < -0.4 is 5.32 Å². The Balaban J connectivity index is 1.93. The monoisotopic (exact) mass is 289 g/mol. The number of nitrogens with zero attached hydrogens (tertiary/aromatic N) is 2. The molecule has 1 aromatic carbocycles. The molecule has 3 nitrogen and oxygen atoms in total. The van der Waals surface area contributed by atoms with Crippen LogP contribution in [0, 0.1) is 0 Å². The van der Waals surface area contributed by atoms with E-state index < -0.39 is 0 Å². The summed E-state index contributed by atoms with van der Waals surface area (Å²) in [6.07, 6.45) is 7.10. The summed E-state index contributed by atoms with van der Waals surface area (Å²) in [6.45, 7) is 6.28. The smallest absolute Gasteiger partial charge is 0.0948 e. The summed E-state index contributed by atoms with van der Waals surface area (Å²) in [4.78, 5) is 5.54. The van der Waals surface area contributed by atoms with Gasteiger partial charge in [-0.15, -0.1) is 11.8 Å². The molecule has 0 aliphatic heterocycles. The van der Waals surface area contributed by atoms with Crippen molar-refractivity contribution in [1.29, 1.82) is 0 Å². The van der Waals surface area contributed by atoms with Gasteiger partial charge in [0.25, 0.3) is 0 Å². The van der Waals surface area contributed by atoms with E-state index in [1.54, 1.807) is 11.8 Å². The molecule has 1 N–H and O–H groups in total. The van der Waals surface area contributed by atoms with E-state index in [1.807, 2.05) is 12.5 Å². The molecule has 0 spiro atoms. The summed E-state index contributed by atoms with van der Waals surface area (Å²) in [5.41, 5.74) is 2.57. The van der Waals surface area contributed by atoms with Gasteiger partial charge in [-0.2, -0.15) is 0 Å². The molecule has 1 atom stereocenters. The number of nitrogens with one attached hydrogen (secondary N) is 1. The van der Waals surface area contributed by atoms with Crippen molar-refractivity contribution in [1.82, 2.24) is 14.9 Å². The number of hydrogen-bond acceptors (Lipinski definition) is 3. The molecule has 2 rings (SSSR count). The fourth-order valence-corrected chi connectivity index (χ4v) is 2.61. The van der Waals surface area contributed by atoms with E-state index in [4.69, 9.17) is 0 Å². The van der Waals surface area contributed by atoms with Crippen LogP contribution in [0.2, 0.25) is 0 Å². The lowest BCUT2D eigenvalue weighted by Gasteiger charge is -2.15. The molecule has 1 unspecified atom stereocenters. The first-order valence-corrected chi connectivity index (χ1v) is 8.33. The fourth-order valence-electron chi connectivity index (χ4n) is 2.21. The Hall–Kier alpha value is -1.26. The van der Waals surface area contributed by atoms with Gasteiger partial charge in [-0.05, 0) is 37.3 Å². The first kappa shape index (κ1) is 15.1. The van der Waals surface area contributed by atoms with Crippen LogP contribution in [0.1, 0.15) is 37.6 Å². The minimum Gasteiger partial charge on any atom is -0.333 e. The number of aromatic nitrogens is 2. The van der Waals surface area contributed by atoms with E-state index in [2.05, 4.69) is 59.2 Å². The zero-order valence-electron chi connectivity index (χ0n) is 12.5. The number of hydrogen-bond donors (Lipinski definition) is 1. The Morgan fingerprint density at radius 2 is 2.05 bits per heavy atom. The number of aryl methyl sites for hydroxylation is 1. The standard InChI is InChI=1S/C16H23N3S/c1-4-9-19-12-17-10-15(19)11-18-13(2)14-5-7-16(20-3)8-6-14/h5-8,10,12-13,18H,4,9,11H2,1-3H3. The molecule has 0 aliphatic carbocycles. The lowest BCUT2D eigenvalue weighted by molar-refractivity contribution is 0.541. The van der Waals surface area contributed by atoms with Crippen LogP contribution in [0.3, 0.4) is 0 Å². The maximum absolute atomic E-state index is 4.23. The Bertz CT molecular complexity index is 519. The summed E-state index contributed by atoms with van der Waals surface area (Å²) in [7, 11) is 0. The number of imidazole rings is 1. The summed E-state index contributed by atoms with van der Waals surface area (Å²) < 4.78 is 2.22. The molecule has 0 saturated heterocycles. The van der Waals surface area contributed by atoms with Crippen molar-refractivity contribution >= 4 is 11.8 Å². The second kappa shape index (κ2) is 7.50. The highest BCUT2D eigenvalue weighted by Gasteiger charge is 2.07. The highest BCUT2D eigenvalue weighted by Crippen LogP contribution is 2.19. The van der Waals surface area contributed by atoms with E-state index in [0.29, 0.717) is 6.04 Å². The van der Waals surface area contributed by atoms with E-state index in [9.17, 15) is 0 Å². The van der Waals surface area contributed by atoms with Gasteiger partial charge in [0.15, 0.2) is 0 Å². The van der Waals surface area contributed by atoms with Crippen molar-refractivity contribution in [2.45, 2.75) is 44.3 Å². The third kappa shape index (κ3) is 3.87. The highest BCUT2D eigenvalue weighted by molar-refractivity contribution is 7.98. The molecule has 20 heavy (non-hydrogen) atoms. The summed E-state index contributed by atoms with van der Waals surface area (Å²) in [5.74, 6) is 0. The zero-order chi connectivity index (χ0) is 14.4. The minimum absolute atomic E-state index is 0.343. The van der Waals surface area contributed by atoms with E-state index in [0.717, 1.165) is 19.5 Å². The number of rotatable bonds is 7. The molecule has 4 heteroatoms. The maximum atomic E-state index is 4.23. The van der Waals surface area contributed by atoms with Crippen LogP contribution >= 0.6 is 11.8 Å². The molecular formula is C16H23N3S. The van der Waals surface area contributed by atoms with E-state index in [-0.39, 0.29) is 0 Å². The molecule has 0 fully saturated rings. The Morgan fingerprint density at radius 3 is 2.70 bits per heavy atom. The largest absolute Gasteiger partial charge is 0.333 e. The topological polar surface area (TPSA) is 29.9 Å². The van der Waals surface area contributed by atoms with Gasteiger partial charge in [0, 0.05) is 30.2 Å². The van der Waals surface area contributed by atoms with Crippen molar-refractivity contribution in [3.63, 3.8) is 0 Å². The molecule has 0 radical (unpaired) electrons. The van der Waals surface area contributed by atoms with Crippen molar-refractivity contribution in [3.8, 4) is 0 Å². The van der Waals surface area contributed by atoms with Crippen LogP contribution in [0.4, 0.5) is 0 Å². The summed E-state index contributed by atoms with van der Waals surface area (Å²) in [6, 6.07) is 9.11. The number of benzene rings is 1. The molecule has 0 bridgehead atoms. The Morgan fingerprint density at radius 1 is 1.30 bits per heavy atom. The average Bonchev–Trinajstić information content (AvgIpc) is 2.92. The Kier molecular flexibility index (Phi) is 5.68. The van der Waals surface area contributed by atoms with Gasteiger partial charge < -0.3 is 9.88 Å². The van der Waals surface area contributed by atoms with Crippen molar-refractivity contribution in [2.24, 2.45) is 0 Å². The van der Waals surface area contributed by atoms with Crippen molar-refractivity contribution in [2.75, 3.05) is 6.26 Å². The molecule has 0 saturated carbocycles. The SMILES string of the molecule is CCCn1cncc1CNC(C)c1ccc(SC)cc1. The molecule has 0 amide bonds. The molecule has 1 aromatic heterocycles. The molecule has 2 aromatic rings. The molecule has 0 aliphatic rings. The molecule has 108 valence electrons. The lowest BCUT2D eigenvalue weighted by Crippen LogP contribution is -2.20. The van der Waals surface area contributed by atoms with E-state index >= 15 is 0 Å². The molecular weight excluding hydrogens is 266 g/mol. The first-order chi connectivity index (χ1) is 9.74. The Labute approximate surface area is 125 Å². The van der Waals surface area contributed by atoms with Crippen molar-refractivity contribution in [3.05, 3.63) is 48.0 Å². The van der Waals surface area contributed by atoms with Gasteiger partial charge in [-0.1, -0.05) is 19.1 Å². The quantitative estimate of drug-likeness (QED) is 0.785. The van der Waals surface area contributed by atoms with Gasteiger partial charge in [0.05, 0.1) is 12.0 Å². The van der Waals surface area contributed by atoms with Gasteiger partial charge >= 0.3 is 0 Å². The normalized spacial score (nSPS) is 12.6. The van der Waals surface area contributed by atoms with Crippen LogP contribution in [-0.4, -0.2) is 15.8 Å². The third-order valence-corrected chi connectivity index (χ3v) is 4.21. The van der Waals surface area contributed by atoms with Gasteiger partial charge in [-0.3, -0.25) is 0 Å². The van der Waals surface area contributed by atoms with Crippen LogP contribution in [0.15, 0.2) is 41.7 Å². The summed E-state index contributed by atoms with van der Waals surface area (Å²) >= 11 is 1.78.